The smallest absolute Gasteiger partial charge is 0.416 e. The molecule has 0 aliphatic heterocycles. The van der Waals surface area contributed by atoms with E-state index in [1.807, 2.05) is 0 Å². The first kappa shape index (κ1) is 17.8. The van der Waals surface area contributed by atoms with Crippen LogP contribution in [-0.4, -0.2) is 4.92 Å². The number of nitrogens with zero attached hydrogens (tertiary/aromatic N) is 1. The Labute approximate surface area is 140 Å². The molecular formula is C16H10ClF3NO3. The molecular weight excluding hydrogens is 347 g/mol. The van der Waals surface area contributed by atoms with Crippen LogP contribution in [0.3, 0.4) is 0 Å². The van der Waals surface area contributed by atoms with Crippen molar-refractivity contribution in [1.82, 2.24) is 0 Å². The molecule has 0 atom stereocenters. The molecule has 2 aromatic carbocycles. The van der Waals surface area contributed by atoms with Crippen molar-refractivity contribution in [2.45, 2.75) is 6.18 Å². The normalized spacial score (nSPS) is 11.2. The van der Waals surface area contributed by atoms with E-state index in [1.54, 1.807) is 0 Å². The highest BCUT2D eigenvalue weighted by atomic mass is 35.5. The van der Waals surface area contributed by atoms with Crippen molar-refractivity contribution in [1.29, 1.82) is 0 Å². The van der Waals surface area contributed by atoms with Crippen molar-refractivity contribution < 1.29 is 22.8 Å². The largest absolute Gasteiger partial charge is 0.456 e. The first-order valence-corrected chi connectivity index (χ1v) is 6.89. The first-order valence-electron chi connectivity index (χ1n) is 6.51. The Morgan fingerprint density at radius 3 is 2.50 bits per heavy atom. The summed E-state index contributed by atoms with van der Waals surface area (Å²) in [6.07, 6.45) is -1.80. The number of ether oxygens (including phenoxy) is 1. The zero-order valence-electron chi connectivity index (χ0n) is 12.0. The van der Waals surface area contributed by atoms with Crippen LogP contribution in [-0.2, 0) is 6.18 Å². The van der Waals surface area contributed by atoms with Gasteiger partial charge in [0.2, 0.25) is 0 Å². The second kappa shape index (κ2) is 6.92. The van der Waals surface area contributed by atoms with Gasteiger partial charge in [-0.15, -0.1) is 6.58 Å². The Kier molecular flexibility index (Phi) is 5.14. The summed E-state index contributed by atoms with van der Waals surface area (Å²) in [5.41, 5.74) is -0.894. The minimum atomic E-state index is -4.54. The van der Waals surface area contributed by atoms with Gasteiger partial charge in [0.15, 0.2) is 0 Å². The number of allylic oxidation sites excluding steroid dienone is 1. The predicted octanol–water partition coefficient (Wildman–Crippen LogP) is 5.80. The van der Waals surface area contributed by atoms with Gasteiger partial charge < -0.3 is 4.74 Å². The number of hydrogen-bond acceptors (Lipinski definition) is 3. The van der Waals surface area contributed by atoms with Crippen LogP contribution in [0.2, 0.25) is 5.02 Å². The number of alkyl halides is 3. The highest BCUT2D eigenvalue weighted by Crippen LogP contribution is 2.37. The van der Waals surface area contributed by atoms with Crippen LogP contribution in [0, 0.1) is 16.5 Å². The summed E-state index contributed by atoms with van der Waals surface area (Å²) in [7, 11) is 0. The number of benzene rings is 2. The van der Waals surface area contributed by atoms with Gasteiger partial charge in [0.1, 0.15) is 11.5 Å². The lowest BCUT2D eigenvalue weighted by atomic mass is 10.1. The van der Waals surface area contributed by atoms with Gasteiger partial charge in [-0.05, 0) is 30.3 Å². The summed E-state index contributed by atoms with van der Waals surface area (Å²) >= 11 is 5.85. The first-order chi connectivity index (χ1) is 11.2. The van der Waals surface area contributed by atoms with Crippen LogP contribution < -0.4 is 4.74 Å². The molecule has 2 rings (SSSR count). The quantitative estimate of drug-likeness (QED) is 0.502. The van der Waals surface area contributed by atoms with Crippen molar-refractivity contribution in [3.05, 3.63) is 81.7 Å². The number of nitro benzene ring substituents is 1. The number of hydrogen-bond donors (Lipinski definition) is 0. The molecule has 125 valence electrons. The third kappa shape index (κ3) is 4.05. The van der Waals surface area contributed by atoms with E-state index in [0.717, 1.165) is 18.2 Å². The number of nitro groups is 1. The van der Waals surface area contributed by atoms with Crippen molar-refractivity contribution in [3.8, 4) is 11.5 Å². The van der Waals surface area contributed by atoms with E-state index in [4.69, 9.17) is 16.3 Å². The van der Waals surface area contributed by atoms with Crippen LogP contribution in [0.25, 0.3) is 0 Å². The lowest BCUT2D eigenvalue weighted by Crippen LogP contribution is -2.04. The van der Waals surface area contributed by atoms with Crippen molar-refractivity contribution in [2.24, 2.45) is 0 Å². The van der Waals surface area contributed by atoms with E-state index in [0.29, 0.717) is 0 Å². The summed E-state index contributed by atoms with van der Waals surface area (Å²) in [4.78, 5) is 10.4. The summed E-state index contributed by atoms with van der Waals surface area (Å²) in [5.74, 6) is -0.0974. The minimum Gasteiger partial charge on any atom is -0.456 e. The molecule has 0 heterocycles. The van der Waals surface area contributed by atoms with E-state index in [-0.39, 0.29) is 27.8 Å². The van der Waals surface area contributed by atoms with E-state index in [9.17, 15) is 23.3 Å². The Morgan fingerprint density at radius 1 is 1.21 bits per heavy atom. The zero-order valence-corrected chi connectivity index (χ0v) is 12.8. The summed E-state index contributed by atoms with van der Waals surface area (Å²) in [6.45, 7) is 3.46. The topological polar surface area (TPSA) is 52.4 Å². The van der Waals surface area contributed by atoms with E-state index >= 15 is 0 Å². The van der Waals surface area contributed by atoms with Gasteiger partial charge in [-0.3, -0.25) is 10.1 Å². The van der Waals surface area contributed by atoms with Crippen LogP contribution in [0.4, 0.5) is 18.9 Å². The van der Waals surface area contributed by atoms with Crippen molar-refractivity contribution in [3.63, 3.8) is 0 Å². The second-order valence-electron chi connectivity index (χ2n) is 4.63. The molecule has 0 saturated carbocycles. The fourth-order valence-electron chi connectivity index (χ4n) is 1.91. The Morgan fingerprint density at radius 2 is 1.92 bits per heavy atom. The van der Waals surface area contributed by atoms with E-state index < -0.39 is 16.7 Å². The maximum Gasteiger partial charge on any atom is 0.416 e. The second-order valence-corrected chi connectivity index (χ2v) is 5.03. The Balaban J connectivity index is 2.39. The van der Waals surface area contributed by atoms with Gasteiger partial charge >= 0.3 is 6.18 Å². The van der Waals surface area contributed by atoms with Crippen LogP contribution >= 0.6 is 11.6 Å². The maximum absolute atomic E-state index is 12.8. The SMILES string of the molecule is C=C[CH]c1cc(Oc2cc(C(F)(F)F)ccc2Cl)ccc1[N+](=O)[O-]. The van der Waals surface area contributed by atoms with Gasteiger partial charge in [-0.2, -0.15) is 13.2 Å². The molecule has 4 nitrogen and oxygen atoms in total. The number of rotatable bonds is 5. The Bertz CT molecular complexity index is 791. The molecule has 1 radical (unpaired) electrons. The van der Waals surface area contributed by atoms with Gasteiger partial charge in [0.05, 0.1) is 15.5 Å². The van der Waals surface area contributed by atoms with Crippen molar-refractivity contribution in [2.75, 3.05) is 0 Å². The molecule has 0 N–H and O–H groups in total. The van der Waals surface area contributed by atoms with Gasteiger partial charge in [-0.1, -0.05) is 17.7 Å². The van der Waals surface area contributed by atoms with Crippen LogP contribution in [0.15, 0.2) is 49.1 Å². The molecule has 8 heteroatoms. The fourth-order valence-corrected chi connectivity index (χ4v) is 2.06. The Hall–Kier alpha value is -2.54. The summed E-state index contributed by atoms with van der Waals surface area (Å²) in [5, 5.41) is 10.9. The standard InChI is InChI=1S/C16H10ClF3NO3/c1-2-3-10-8-12(5-7-14(10)21(22)23)24-15-9-11(16(18,19)20)4-6-13(15)17/h2-9H,1H2. The molecule has 0 spiro atoms. The highest BCUT2D eigenvalue weighted by molar-refractivity contribution is 6.32. The van der Waals surface area contributed by atoms with Crippen LogP contribution in [0.5, 0.6) is 11.5 Å². The van der Waals surface area contributed by atoms with Crippen LogP contribution in [0.1, 0.15) is 11.1 Å². The molecule has 0 fully saturated rings. The number of halogens is 4. The molecule has 24 heavy (non-hydrogen) atoms. The molecule has 0 unspecified atom stereocenters. The van der Waals surface area contributed by atoms with Gasteiger partial charge in [0.25, 0.3) is 5.69 Å². The monoisotopic (exact) mass is 356 g/mol. The van der Waals surface area contributed by atoms with E-state index in [2.05, 4.69) is 6.58 Å². The minimum absolute atomic E-state index is 0.0180. The van der Waals surface area contributed by atoms with Gasteiger partial charge in [0, 0.05) is 18.1 Å². The lowest BCUT2D eigenvalue weighted by molar-refractivity contribution is -0.385. The summed E-state index contributed by atoms with van der Waals surface area (Å²) in [6, 6.07) is 6.45. The maximum atomic E-state index is 12.8. The average Bonchev–Trinajstić information content (AvgIpc) is 2.48. The molecule has 0 aliphatic carbocycles. The van der Waals surface area contributed by atoms with Crippen molar-refractivity contribution >= 4 is 17.3 Å². The molecule has 0 bridgehead atoms. The van der Waals surface area contributed by atoms with Gasteiger partial charge in [-0.25, -0.2) is 0 Å². The fraction of sp³-hybridized carbons (Fsp3) is 0.0625. The highest BCUT2D eigenvalue weighted by Gasteiger charge is 2.31. The molecule has 0 aromatic heterocycles. The third-order valence-electron chi connectivity index (χ3n) is 2.98. The summed E-state index contributed by atoms with van der Waals surface area (Å²) < 4.78 is 43.6. The molecule has 0 amide bonds. The predicted molar refractivity (Wildman–Crippen MR) is 83.2 cm³/mol. The molecule has 0 aliphatic rings. The molecule has 2 aromatic rings. The third-order valence-corrected chi connectivity index (χ3v) is 3.29. The average molecular weight is 357 g/mol. The van der Waals surface area contributed by atoms with E-state index in [1.165, 1.54) is 30.7 Å². The zero-order chi connectivity index (χ0) is 17.9. The molecule has 0 saturated heterocycles. The lowest BCUT2D eigenvalue weighted by Gasteiger charge is -2.12.